The molecule has 3 aromatic rings. The van der Waals surface area contributed by atoms with Crippen LogP contribution >= 0.6 is 46.6 Å². The molecule has 0 saturated heterocycles. The molecule has 0 bridgehead atoms. The van der Waals surface area contributed by atoms with Crippen molar-refractivity contribution >= 4 is 64.1 Å². The molecule has 0 unspecified atom stereocenters. The molecule has 172 valence electrons. The van der Waals surface area contributed by atoms with Gasteiger partial charge < -0.3 is 15.2 Å². The van der Waals surface area contributed by atoms with E-state index in [1.807, 2.05) is 0 Å². The van der Waals surface area contributed by atoms with Crippen molar-refractivity contribution < 1.29 is 9.59 Å². The number of amides is 2. The molecule has 2 amide bonds. The monoisotopic (exact) mass is 523 g/mol. The highest BCUT2D eigenvalue weighted by Gasteiger charge is 2.20. The smallest absolute Gasteiger partial charge is 0.251 e. The second kappa shape index (κ2) is 11.6. The van der Waals surface area contributed by atoms with E-state index in [2.05, 4.69) is 27.4 Å². The number of carbonyl (C=O) groups excluding carboxylic acids is 2. The molecule has 3 rings (SSSR count). The van der Waals surface area contributed by atoms with E-state index in [0.717, 1.165) is 0 Å². The lowest BCUT2D eigenvalue weighted by Crippen LogP contribution is -2.28. The number of anilines is 1. The van der Waals surface area contributed by atoms with Gasteiger partial charge in [-0.2, -0.15) is 0 Å². The number of nitrogens with one attached hydrogen (secondary N) is 2. The van der Waals surface area contributed by atoms with E-state index >= 15 is 0 Å². The first-order chi connectivity index (χ1) is 15.8. The van der Waals surface area contributed by atoms with Crippen LogP contribution in [0.4, 0.5) is 5.69 Å². The minimum absolute atomic E-state index is 0.0831. The Balaban J connectivity index is 1.66. The van der Waals surface area contributed by atoms with E-state index in [0.29, 0.717) is 43.8 Å². The van der Waals surface area contributed by atoms with Gasteiger partial charge in [0.2, 0.25) is 5.91 Å². The number of hydrogen-bond donors (Lipinski definition) is 2. The molecule has 33 heavy (non-hydrogen) atoms. The van der Waals surface area contributed by atoms with Gasteiger partial charge in [0, 0.05) is 22.2 Å². The summed E-state index contributed by atoms with van der Waals surface area (Å²) in [7, 11) is 0. The third kappa shape index (κ3) is 6.74. The summed E-state index contributed by atoms with van der Waals surface area (Å²) in [5.41, 5.74) is 0.951. The standard InChI is InChI=1S/C22H20Cl3N5O2S/c1-3-10-30-20(13(2)26-21(32)14-4-6-15(23)7-5-14)28-29-22(30)33-12-19(31)27-18-9-8-16(24)11-17(18)25/h3-9,11,13H,1,10,12H2,2H3,(H,26,32)(H,27,31)/t13-/m1/s1. The maximum absolute atomic E-state index is 12.5. The lowest BCUT2D eigenvalue weighted by atomic mass is 10.2. The van der Waals surface area contributed by atoms with Gasteiger partial charge in [0.25, 0.3) is 5.91 Å². The van der Waals surface area contributed by atoms with Gasteiger partial charge in [0.1, 0.15) is 0 Å². The van der Waals surface area contributed by atoms with Gasteiger partial charge in [-0.3, -0.25) is 9.59 Å². The minimum atomic E-state index is -0.434. The third-order valence-electron chi connectivity index (χ3n) is 4.44. The molecule has 2 N–H and O–H groups in total. The van der Waals surface area contributed by atoms with Crippen molar-refractivity contribution in [3.8, 4) is 0 Å². The molecular weight excluding hydrogens is 505 g/mol. The van der Waals surface area contributed by atoms with Crippen molar-refractivity contribution in [2.24, 2.45) is 0 Å². The van der Waals surface area contributed by atoms with Crippen LogP contribution in [0.15, 0.2) is 60.3 Å². The van der Waals surface area contributed by atoms with Gasteiger partial charge in [-0.05, 0) is 49.4 Å². The first-order valence-corrected chi connectivity index (χ1v) is 11.9. The van der Waals surface area contributed by atoms with Crippen molar-refractivity contribution in [3.05, 3.63) is 81.6 Å². The molecule has 0 radical (unpaired) electrons. The van der Waals surface area contributed by atoms with Crippen LogP contribution in [0.2, 0.25) is 15.1 Å². The average Bonchev–Trinajstić information content (AvgIpc) is 3.17. The second-order valence-electron chi connectivity index (χ2n) is 6.90. The normalized spacial score (nSPS) is 11.6. The fourth-order valence-electron chi connectivity index (χ4n) is 2.88. The molecule has 0 aliphatic heterocycles. The zero-order chi connectivity index (χ0) is 24.0. The molecule has 1 heterocycles. The molecule has 11 heteroatoms. The van der Waals surface area contributed by atoms with Crippen LogP contribution in [0.1, 0.15) is 29.1 Å². The minimum Gasteiger partial charge on any atom is -0.342 e. The Hall–Kier alpha value is -2.52. The molecule has 0 aliphatic rings. The molecule has 2 aromatic carbocycles. The number of hydrogen-bond acceptors (Lipinski definition) is 5. The van der Waals surface area contributed by atoms with Crippen molar-refractivity contribution in [2.45, 2.75) is 24.7 Å². The third-order valence-corrected chi connectivity index (χ3v) is 6.20. The Labute approximate surface area is 210 Å². The first kappa shape index (κ1) is 25.1. The van der Waals surface area contributed by atoms with Gasteiger partial charge >= 0.3 is 0 Å². The van der Waals surface area contributed by atoms with Gasteiger partial charge in [-0.1, -0.05) is 52.6 Å². The zero-order valence-corrected chi connectivity index (χ0v) is 20.6. The van der Waals surface area contributed by atoms with Crippen LogP contribution in [-0.4, -0.2) is 32.3 Å². The highest BCUT2D eigenvalue weighted by atomic mass is 35.5. The van der Waals surface area contributed by atoms with Crippen molar-refractivity contribution in [3.63, 3.8) is 0 Å². The van der Waals surface area contributed by atoms with Crippen LogP contribution in [0.25, 0.3) is 0 Å². The topological polar surface area (TPSA) is 88.9 Å². The summed E-state index contributed by atoms with van der Waals surface area (Å²) in [5, 5.41) is 16.0. The largest absolute Gasteiger partial charge is 0.342 e. The molecule has 0 saturated carbocycles. The molecule has 0 fully saturated rings. The van der Waals surface area contributed by atoms with E-state index in [4.69, 9.17) is 34.8 Å². The van der Waals surface area contributed by atoms with Crippen LogP contribution in [-0.2, 0) is 11.3 Å². The van der Waals surface area contributed by atoms with E-state index < -0.39 is 6.04 Å². The maximum Gasteiger partial charge on any atom is 0.251 e. The summed E-state index contributed by atoms with van der Waals surface area (Å²) in [4.78, 5) is 24.9. The number of allylic oxidation sites excluding steroid dienone is 1. The summed E-state index contributed by atoms with van der Waals surface area (Å²) in [6.45, 7) is 5.99. The molecule has 7 nitrogen and oxygen atoms in total. The van der Waals surface area contributed by atoms with Gasteiger partial charge in [0.15, 0.2) is 11.0 Å². The van der Waals surface area contributed by atoms with Crippen molar-refractivity contribution in [1.82, 2.24) is 20.1 Å². The number of halogens is 3. The van der Waals surface area contributed by atoms with Crippen LogP contribution < -0.4 is 10.6 Å². The van der Waals surface area contributed by atoms with Crippen LogP contribution in [0.3, 0.4) is 0 Å². The lowest BCUT2D eigenvalue weighted by Gasteiger charge is -2.15. The van der Waals surface area contributed by atoms with Crippen molar-refractivity contribution in [1.29, 1.82) is 0 Å². The van der Waals surface area contributed by atoms with Gasteiger partial charge in [-0.25, -0.2) is 0 Å². The number of carbonyl (C=O) groups is 2. The second-order valence-corrected chi connectivity index (χ2v) is 9.13. The number of benzene rings is 2. The Bertz CT molecular complexity index is 1170. The lowest BCUT2D eigenvalue weighted by molar-refractivity contribution is -0.113. The molecule has 0 aliphatic carbocycles. The Morgan fingerprint density at radius 1 is 1.12 bits per heavy atom. The first-order valence-electron chi connectivity index (χ1n) is 9.76. The fourth-order valence-corrected chi connectivity index (χ4v) is 4.22. The predicted molar refractivity (Wildman–Crippen MR) is 133 cm³/mol. The Morgan fingerprint density at radius 2 is 1.82 bits per heavy atom. The summed E-state index contributed by atoms with van der Waals surface area (Å²) >= 11 is 19.1. The highest BCUT2D eigenvalue weighted by molar-refractivity contribution is 7.99. The van der Waals surface area contributed by atoms with E-state index in [-0.39, 0.29) is 17.6 Å². The SMILES string of the molecule is C=CCn1c(SCC(=O)Nc2ccc(Cl)cc2Cl)nnc1[C@@H](C)NC(=O)c1ccc(Cl)cc1. The number of aromatic nitrogens is 3. The van der Waals surface area contributed by atoms with E-state index in [9.17, 15) is 9.59 Å². The summed E-state index contributed by atoms with van der Waals surface area (Å²) in [6.07, 6.45) is 1.69. The predicted octanol–water partition coefficient (Wildman–Crippen LogP) is 5.65. The zero-order valence-electron chi connectivity index (χ0n) is 17.5. The van der Waals surface area contributed by atoms with Crippen LogP contribution in [0.5, 0.6) is 0 Å². The quantitative estimate of drug-likeness (QED) is 0.279. The Morgan fingerprint density at radius 3 is 2.48 bits per heavy atom. The van der Waals surface area contributed by atoms with Gasteiger partial charge in [-0.15, -0.1) is 16.8 Å². The molecular formula is C22H20Cl3N5O2S. The Kier molecular flexibility index (Phi) is 8.80. The van der Waals surface area contributed by atoms with Gasteiger partial charge in [0.05, 0.1) is 22.5 Å². The average molecular weight is 525 g/mol. The number of nitrogens with zero attached hydrogens (tertiary/aromatic N) is 3. The fraction of sp³-hybridized carbons (Fsp3) is 0.182. The van der Waals surface area contributed by atoms with Crippen molar-refractivity contribution in [2.75, 3.05) is 11.1 Å². The van der Waals surface area contributed by atoms with E-state index in [1.165, 1.54) is 11.8 Å². The maximum atomic E-state index is 12.5. The molecule has 1 aromatic heterocycles. The summed E-state index contributed by atoms with van der Waals surface area (Å²) in [6, 6.07) is 11.0. The van der Waals surface area contributed by atoms with Crippen LogP contribution in [0, 0.1) is 0 Å². The summed E-state index contributed by atoms with van der Waals surface area (Å²) in [5.74, 6) is 0.101. The molecule has 0 spiro atoms. The number of rotatable bonds is 9. The summed E-state index contributed by atoms with van der Waals surface area (Å²) < 4.78 is 1.80. The molecule has 1 atom stereocenters. The highest BCUT2D eigenvalue weighted by Crippen LogP contribution is 2.26. The number of thioether (sulfide) groups is 1. The van der Waals surface area contributed by atoms with E-state index in [1.54, 1.807) is 60.0 Å².